The van der Waals surface area contributed by atoms with Gasteiger partial charge in [0.15, 0.2) is 0 Å². The highest BCUT2D eigenvalue weighted by molar-refractivity contribution is 7.99. The summed E-state index contributed by atoms with van der Waals surface area (Å²) in [5.41, 5.74) is 0.388. The van der Waals surface area contributed by atoms with Crippen molar-refractivity contribution in [2.75, 3.05) is 0 Å². The van der Waals surface area contributed by atoms with E-state index in [1.165, 1.54) is 6.07 Å². The highest BCUT2D eigenvalue weighted by atomic mass is 32.2. The number of thioether (sulfide) groups is 1. The molecular weight excluding hydrogens is 296 g/mol. The molecule has 2 rings (SSSR count). The van der Waals surface area contributed by atoms with Gasteiger partial charge in [-0.2, -0.15) is 13.2 Å². The summed E-state index contributed by atoms with van der Waals surface area (Å²) in [7, 11) is 0. The molecule has 0 saturated carbocycles. The smallest absolute Gasteiger partial charge is 0.211 e. The van der Waals surface area contributed by atoms with Crippen LogP contribution in [0.5, 0.6) is 0 Å². The van der Waals surface area contributed by atoms with E-state index in [9.17, 15) is 17.6 Å². The highest BCUT2D eigenvalue weighted by Crippen LogP contribution is 2.34. The maximum absolute atomic E-state index is 13.6. The Labute approximate surface area is 116 Å². The molecule has 0 bridgehead atoms. The lowest BCUT2D eigenvalue weighted by Crippen LogP contribution is -2.19. The van der Waals surface area contributed by atoms with Crippen molar-refractivity contribution in [2.45, 2.75) is 30.1 Å². The lowest BCUT2D eigenvalue weighted by atomic mass is 10.1. The van der Waals surface area contributed by atoms with Crippen LogP contribution in [0.25, 0.3) is 0 Å². The topological polar surface area (TPSA) is 43.6 Å². The van der Waals surface area contributed by atoms with Crippen LogP contribution in [-0.2, 0) is 6.54 Å². The second-order valence-corrected chi connectivity index (χ2v) is 5.32. The van der Waals surface area contributed by atoms with Gasteiger partial charge in [-0.3, -0.25) is 0 Å². The first-order valence-electron chi connectivity index (χ1n) is 5.61. The minimum atomic E-state index is -4.41. The van der Waals surface area contributed by atoms with Gasteiger partial charge in [0.25, 0.3) is 0 Å². The molecule has 0 spiro atoms. The normalized spacial score (nSPS) is 13.4. The summed E-state index contributed by atoms with van der Waals surface area (Å²) in [6, 6.07) is 6.08. The predicted octanol–water partition coefficient (Wildman–Crippen LogP) is 3.23. The van der Waals surface area contributed by atoms with Gasteiger partial charge in [0.2, 0.25) is 5.16 Å². The summed E-state index contributed by atoms with van der Waals surface area (Å²) in [5, 5.41) is 9.64. The zero-order valence-corrected chi connectivity index (χ0v) is 11.1. The van der Waals surface area contributed by atoms with E-state index in [-0.39, 0.29) is 5.16 Å². The Hall–Kier alpha value is -1.64. The van der Waals surface area contributed by atoms with Crippen LogP contribution >= 0.6 is 11.8 Å². The van der Waals surface area contributed by atoms with Gasteiger partial charge in [-0.15, -0.1) is 5.10 Å². The van der Waals surface area contributed by atoms with Crippen molar-refractivity contribution in [1.82, 2.24) is 20.2 Å². The summed E-state index contributed by atoms with van der Waals surface area (Å²) in [6.07, 6.45) is -4.41. The largest absolute Gasteiger partial charge is 0.408 e. The number of benzene rings is 1. The lowest BCUT2D eigenvalue weighted by Gasteiger charge is -2.12. The molecule has 1 aromatic carbocycles. The lowest BCUT2D eigenvalue weighted by molar-refractivity contribution is -0.144. The first kappa shape index (κ1) is 14.8. The first-order valence-corrected chi connectivity index (χ1v) is 6.49. The summed E-state index contributed by atoms with van der Waals surface area (Å²) < 4.78 is 51.3. The average molecular weight is 306 g/mol. The van der Waals surface area contributed by atoms with Crippen LogP contribution in [0.3, 0.4) is 0 Å². The number of aromatic nitrogens is 4. The summed E-state index contributed by atoms with van der Waals surface area (Å²) in [6.45, 7) is 0.405. The fourth-order valence-corrected chi connectivity index (χ4v) is 2.52. The molecule has 2 aromatic rings. The third-order valence-corrected chi connectivity index (χ3v) is 3.56. The van der Waals surface area contributed by atoms with Crippen molar-refractivity contribution in [3.63, 3.8) is 0 Å². The van der Waals surface area contributed by atoms with Crippen LogP contribution in [0.15, 0.2) is 29.4 Å². The van der Waals surface area contributed by atoms with E-state index in [2.05, 4.69) is 15.5 Å². The SMILES string of the molecule is CC(Sc1nnnn1CC(F)(F)F)c1ccccc1F. The van der Waals surface area contributed by atoms with Gasteiger partial charge >= 0.3 is 6.18 Å². The molecule has 0 radical (unpaired) electrons. The second kappa shape index (κ2) is 5.78. The average Bonchev–Trinajstić information content (AvgIpc) is 2.74. The monoisotopic (exact) mass is 306 g/mol. The minimum absolute atomic E-state index is 0.00178. The molecular formula is C11H10F4N4S. The van der Waals surface area contributed by atoms with Crippen LogP contribution < -0.4 is 0 Å². The summed E-state index contributed by atoms with van der Waals surface area (Å²) in [5.74, 6) is -0.414. The Kier molecular flexibility index (Phi) is 4.26. The van der Waals surface area contributed by atoms with Crippen LogP contribution in [0, 0.1) is 5.82 Å². The molecule has 1 atom stereocenters. The standard InChI is InChI=1S/C11H10F4N4S/c1-7(8-4-2-3-5-9(8)12)20-10-16-17-18-19(10)6-11(13,14)15/h2-5,7H,6H2,1H3. The minimum Gasteiger partial charge on any atom is -0.211 e. The Balaban J connectivity index is 2.15. The zero-order chi connectivity index (χ0) is 14.8. The van der Waals surface area contributed by atoms with Crippen molar-refractivity contribution >= 4 is 11.8 Å². The van der Waals surface area contributed by atoms with E-state index in [1.54, 1.807) is 25.1 Å². The van der Waals surface area contributed by atoms with Crippen molar-refractivity contribution in [2.24, 2.45) is 0 Å². The maximum Gasteiger partial charge on any atom is 0.408 e. The molecule has 0 aliphatic heterocycles. The zero-order valence-electron chi connectivity index (χ0n) is 10.3. The summed E-state index contributed by atoms with van der Waals surface area (Å²) in [4.78, 5) is 0. The van der Waals surface area contributed by atoms with E-state index in [0.29, 0.717) is 10.2 Å². The molecule has 4 nitrogen and oxygen atoms in total. The third kappa shape index (κ3) is 3.69. The molecule has 0 saturated heterocycles. The Morgan fingerprint density at radius 2 is 2.00 bits per heavy atom. The molecule has 1 heterocycles. The quantitative estimate of drug-likeness (QED) is 0.642. The fourth-order valence-electron chi connectivity index (χ4n) is 1.58. The molecule has 0 N–H and O–H groups in total. The third-order valence-electron chi connectivity index (χ3n) is 2.45. The first-order chi connectivity index (χ1) is 9.37. The van der Waals surface area contributed by atoms with Crippen LogP contribution in [0.2, 0.25) is 0 Å². The van der Waals surface area contributed by atoms with Crippen molar-refractivity contribution in [1.29, 1.82) is 0 Å². The summed E-state index contributed by atoms with van der Waals surface area (Å²) >= 11 is 0.972. The Morgan fingerprint density at radius 3 is 2.65 bits per heavy atom. The van der Waals surface area contributed by atoms with E-state index in [1.807, 2.05) is 0 Å². The number of halogens is 4. The van der Waals surface area contributed by atoms with Gasteiger partial charge in [0, 0.05) is 10.8 Å². The van der Waals surface area contributed by atoms with E-state index >= 15 is 0 Å². The fraction of sp³-hybridized carbons (Fsp3) is 0.364. The number of hydrogen-bond acceptors (Lipinski definition) is 4. The molecule has 0 fully saturated rings. The molecule has 0 aliphatic carbocycles. The van der Waals surface area contributed by atoms with Gasteiger partial charge < -0.3 is 0 Å². The molecule has 20 heavy (non-hydrogen) atoms. The van der Waals surface area contributed by atoms with Gasteiger partial charge in [-0.1, -0.05) is 30.0 Å². The van der Waals surface area contributed by atoms with Crippen molar-refractivity contribution in [3.05, 3.63) is 35.6 Å². The van der Waals surface area contributed by atoms with Crippen LogP contribution in [-0.4, -0.2) is 26.4 Å². The van der Waals surface area contributed by atoms with Gasteiger partial charge in [0.1, 0.15) is 12.4 Å². The molecule has 0 aliphatic rings. The number of alkyl halides is 3. The molecule has 1 unspecified atom stereocenters. The molecule has 0 amide bonds. The van der Waals surface area contributed by atoms with E-state index in [0.717, 1.165) is 11.8 Å². The number of nitrogens with zero attached hydrogens (tertiary/aromatic N) is 4. The Morgan fingerprint density at radius 1 is 1.30 bits per heavy atom. The number of rotatable bonds is 4. The van der Waals surface area contributed by atoms with Crippen molar-refractivity contribution in [3.8, 4) is 0 Å². The Bertz CT molecular complexity index is 584. The van der Waals surface area contributed by atoms with E-state index in [4.69, 9.17) is 0 Å². The maximum atomic E-state index is 13.6. The van der Waals surface area contributed by atoms with Crippen molar-refractivity contribution < 1.29 is 17.6 Å². The molecule has 9 heteroatoms. The van der Waals surface area contributed by atoms with Gasteiger partial charge in [-0.25, -0.2) is 9.07 Å². The highest BCUT2D eigenvalue weighted by Gasteiger charge is 2.30. The van der Waals surface area contributed by atoms with Crippen LogP contribution in [0.1, 0.15) is 17.7 Å². The predicted molar refractivity (Wildman–Crippen MR) is 64.5 cm³/mol. The van der Waals surface area contributed by atoms with Gasteiger partial charge in [0.05, 0.1) is 0 Å². The molecule has 108 valence electrons. The number of tetrazole rings is 1. The van der Waals surface area contributed by atoms with Crippen LogP contribution in [0.4, 0.5) is 17.6 Å². The second-order valence-electron chi connectivity index (χ2n) is 4.02. The molecule has 1 aromatic heterocycles. The van der Waals surface area contributed by atoms with Gasteiger partial charge in [-0.05, 0) is 23.4 Å². The number of hydrogen-bond donors (Lipinski definition) is 0. The van der Waals surface area contributed by atoms with E-state index < -0.39 is 23.8 Å².